The third-order valence-electron chi connectivity index (χ3n) is 2.50. The van der Waals surface area contributed by atoms with E-state index in [0.29, 0.717) is 19.6 Å². The average molecular weight is 231 g/mol. The molecule has 0 rings (SSSR count). The number of nitrogens with two attached hydrogens (primary N) is 1. The third-order valence-corrected chi connectivity index (χ3v) is 2.50. The molecule has 0 aliphatic heterocycles. The molecule has 0 bridgehead atoms. The summed E-state index contributed by atoms with van der Waals surface area (Å²) in [6.45, 7) is 4.89. The average Bonchev–Trinajstić information content (AvgIpc) is 2.31. The Morgan fingerprint density at radius 3 is 2.69 bits per heavy atom. The summed E-state index contributed by atoms with van der Waals surface area (Å²) in [5.41, 5.74) is 5.58. The first kappa shape index (κ1) is 15.3. The van der Waals surface area contributed by atoms with Crippen LogP contribution in [0.1, 0.15) is 19.8 Å². The molecule has 0 saturated carbocycles. The molecule has 0 aromatic rings. The number of amides is 1. The Hall–Kier alpha value is -0.650. The van der Waals surface area contributed by atoms with E-state index < -0.39 is 0 Å². The van der Waals surface area contributed by atoms with Gasteiger partial charge in [-0.3, -0.25) is 4.79 Å². The van der Waals surface area contributed by atoms with Crippen LogP contribution in [0.2, 0.25) is 0 Å². The van der Waals surface area contributed by atoms with Crippen molar-refractivity contribution in [3.05, 3.63) is 0 Å². The van der Waals surface area contributed by atoms with Crippen molar-refractivity contribution in [2.45, 2.75) is 25.9 Å². The summed E-state index contributed by atoms with van der Waals surface area (Å²) in [5, 5.41) is 2.61. The van der Waals surface area contributed by atoms with Gasteiger partial charge in [-0.2, -0.15) is 0 Å². The second-order valence-corrected chi connectivity index (χ2v) is 3.83. The van der Waals surface area contributed by atoms with Gasteiger partial charge in [0, 0.05) is 39.7 Å². The van der Waals surface area contributed by atoms with Gasteiger partial charge in [-0.05, 0) is 20.4 Å². The second-order valence-electron chi connectivity index (χ2n) is 3.83. The van der Waals surface area contributed by atoms with E-state index in [4.69, 9.17) is 10.5 Å². The molecule has 1 unspecified atom stereocenters. The Morgan fingerprint density at radius 1 is 1.50 bits per heavy atom. The molecule has 0 fully saturated rings. The molecule has 0 spiro atoms. The maximum absolute atomic E-state index is 11.0. The first-order valence-electron chi connectivity index (χ1n) is 5.84. The van der Waals surface area contributed by atoms with E-state index in [2.05, 4.69) is 10.2 Å². The number of hydrogen-bond donors (Lipinski definition) is 2. The highest BCUT2D eigenvalue weighted by atomic mass is 16.5. The number of nitrogens with zero attached hydrogens (tertiary/aromatic N) is 1. The van der Waals surface area contributed by atoms with E-state index in [1.807, 2.05) is 14.0 Å². The van der Waals surface area contributed by atoms with Crippen LogP contribution in [-0.4, -0.2) is 57.2 Å². The van der Waals surface area contributed by atoms with Gasteiger partial charge in [-0.1, -0.05) is 0 Å². The molecule has 1 atom stereocenters. The van der Waals surface area contributed by atoms with Crippen molar-refractivity contribution in [1.29, 1.82) is 0 Å². The van der Waals surface area contributed by atoms with Gasteiger partial charge in [0.25, 0.3) is 0 Å². The Kier molecular flexibility index (Phi) is 9.18. The molecule has 0 radical (unpaired) electrons. The standard InChI is InChI=1S/C11H25N3O2/c1-4-16-10(9-12)5-7-14(3)8-6-11(15)13-2/h10H,4-9,12H2,1-3H3,(H,13,15). The van der Waals surface area contributed by atoms with Crippen LogP contribution >= 0.6 is 0 Å². The lowest BCUT2D eigenvalue weighted by atomic mass is 10.2. The molecule has 0 saturated heterocycles. The molecule has 16 heavy (non-hydrogen) atoms. The predicted octanol–water partition coefficient (Wildman–Crippen LogP) is -0.192. The molecular formula is C11H25N3O2. The zero-order valence-corrected chi connectivity index (χ0v) is 10.7. The number of carbonyl (C=O) groups excluding carboxylic acids is 1. The lowest BCUT2D eigenvalue weighted by Crippen LogP contribution is -2.32. The maximum atomic E-state index is 11.0. The van der Waals surface area contributed by atoms with Gasteiger partial charge >= 0.3 is 0 Å². The largest absolute Gasteiger partial charge is 0.377 e. The van der Waals surface area contributed by atoms with Crippen LogP contribution in [0.15, 0.2) is 0 Å². The summed E-state index contributed by atoms with van der Waals surface area (Å²) in [7, 11) is 3.66. The highest BCUT2D eigenvalue weighted by molar-refractivity contribution is 5.75. The van der Waals surface area contributed by atoms with E-state index in [0.717, 1.165) is 19.5 Å². The normalized spacial score (nSPS) is 12.8. The summed E-state index contributed by atoms with van der Waals surface area (Å²) < 4.78 is 5.46. The van der Waals surface area contributed by atoms with Crippen LogP contribution in [-0.2, 0) is 9.53 Å². The summed E-state index contributed by atoms with van der Waals surface area (Å²) in [5.74, 6) is 0.0760. The van der Waals surface area contributed by atoms with Crippen molar-refractivity contribution in [2.24, 2.45) is 5.73 Å². The Balaban J connectivity index is 3.62. The van der Waals surface area contributed by atoms with E-state index >= 15 is 0 Å². The molecule has 96 valence electrons. The number of hydrogen-bond acceptors (Lipinski definition) is 4. The summed E-state index contributed by atoms with van der Waals surface area (Å²) in [4.78, 5) is 13.2. The lowest BCUT2D eigenvalue weighted by Gasteiger charge is -2.20. The Bertz CT molecular complexity index is 188. The van der Waals surface area contributed by atoms with Gasteiger partial charge in [0.2, 0.25) is 5.91 Å². The molecule has 0 aliphatic rings. The van der Waals surface area contributed by atoms with Crippen molar-refractivity contribution < 1.29 is 9.53 Å². The fourth-order valence-corrected chi connectivity index (χ4v) is 1.40. The van der Waals surface area contributed by atoms with Crippen molar-refractivity contribution in [3.8, 4) is 0 Å². The molecule has 5 heteroatoms. The first-order valence-corrected chi connectivity index (χ1v) is 5.84. The minimum absolute atomic E-state index is 0.0760. The molecule has 0 heterocycles. The highest BCUT2D eigenvalue weighted by Crippen LogP contribution is 1.99. The summed E-state index contributed by atoms with van der Waals surface area (Å²) in [6, 6.07) is 0. The van der Waals surface area contributed by atoms with E-state index in [-0.39, 0.29) is 12.0 Å². The fourth-order valence-electron chi connectivity index (χ4n) is 1.40. The number of nitrogens with one attached hydrogen (secondary N) is 1. The van der Waals surface area contributed by atoms with Gasteiger partial charge in [0.1, 0.15) is 0 Å². The predicted molar refractivity (Wildman–Crippen MR) is 65.3 cm³/mol. The summed E-state index contributed by atoms with van der Waals surface area (Å²) >= 11 is 0. The zero-order valence-electron chi connectivity index (χ0n) is 10.7. The quantitative estimate of drug-likeness (QED) is 0.577. The van der Waals surface area contributed by atoms with Crippen molar-refractivity contribution in [2.75, 3.05) is 40.3 Å². The van der Waals surface area contributed by atoms with E-state index in [9.17, 15) is 4.79 Å². The fraction of sp³-hybridized carbons (Fsp3) is 0.909. The Labute approximate surface area is 98.3 Å². The van der Waals surface area contributed by atoms with E-state index in [1.165, 1.54) is 0 Å². The summed E-state index contributed by atoms with van der Waals surface area (Å²) in [6.07, 6.45) is 1.58. The van der Waals surface area contributed by atoms with Gasteiger partial charge in [0.15, 0.2) is 0 Å². The van der Waals surface area contributed by atoms with Crippen LogP contribution in [0.3, 0.4) is 0 Å². The van der Waals surface area contributed by atoms with Crippen molar-refractivity contribution in [1.82, 2.24) is 10.2 Å². The highest BCUT2D eigenvalue weighted by Gasteiger charge is 2.08. The Morgan fingerprint density at radius 2 is 2.19 bits per heavy atom. The van der Waals surface area contributed by atoms with Crippen LogP contribution in [0.25, 0.3) is 0 Å². The number of carbonyl (C=O) groups is 1. The number of ether oxygens (including phenoxy) is 1. The van der Waals surface area contributed by atoms with Crippen LogP contribution < -0.4 is 11.1 Å². The third kappa shape index (κ3) is 7.62. The molecule has 1 amide bonds. The zero-order chi connectivity index (χ0) is 12.4. The maximum Gasteiger partial charge on any atom is 0.221 e. The number of rotatable bonds is 9. The van der Waals surface area contributed by atoms with Gasteiger partial charge in [0.05, 0.1) is 6.10 Å². The topological polar surface area (TPSA) is 67.6 Å². The van der Waals surface area contributed by atoms with Crippen LogP contribution in [0, 0.1) is 0 Å². The van der Waals surface area contributed by atoms with Gasteiger partial charge < -0.3 is 20.7 Å². The van der Waals surface area contributed by atoms with E-state index in [1.54, 1.807) is 7.05 Å². The molecule has 0 aliphatic carbocycles. The van der Waals surface area contributed by atoms with Gasteiger partial charge in [-0.15, -0.1) is 0 Å². The minimum atomic E-state index is 0.0760. The van der Waals surface area contributed by atoms with Crippen molar-refractivity contribution in [3.63, 3.8) is 0 Å². The molecular weight excluding hydrogens is 206 g/mol. The second kappa shape index (κ2) is 9.57. The van der Waals surface area contributed by atoms with Crippen molar-refractivity contribution >= 4 is 5.91 Å². The monoisotopic (exact) mass is 231 g/mol. The van der Waals surface area contributed by atoms with Crippen LogP contribution in [0.5, 0.6) is 0 Å². The first-order chi connectivity index (χ1) is 7.63. The molecule has 3 N–H and O–H groups in total. The van der Waals surface area contributed by atoms with Gasteiger partial charge in [-0.25, -0.2) is 0 Å². The molecule has 0 aromatic heterocycles. The lowest BCUT2D eigenvalue weighted by molar-refractivity contribution is -0.120. The molecule has 5 nitrogen and oxygen atoms in total. The SMILES string of the molecule is CCOC(CN)CCN(C)CCC(=O)NC. The van der Waals surface area contributed by atoms with Crippen LogP contribution in [0.4, 0.5) is 0 Å². The molecule has 0 aromatic carbocycles. The smallest absolute Gasteiger partial charge is 0.221 e. The minimum Gasteiger partial charge on any atom is -0.377 e.